The molecule has 2 aromatic rings. The SMILES string of the molecule is CNC(Cc1ccc(Cl)c(Cl)c1)c1ccc(C)c(Br)c1. The third-order valence-corrected chi connectivity index (χ3v) is 4.96. The molecule has 0 aliphatic rings. The van der Waals surface area contributed by atoms with E-state index in [9.17, 15) is 0 Å². The van der Waals surface area contributed by atoms with Gasteiger partial charge in [0.25, 0.3) is 0 Å². The smallest absolute Gasteiger partial charge is 0.0595 e. The van der Waals surface area contributed by atoms with Crippen LogP contribution in [0.5, 0.6) is 0 Å². The van der Waals surface area contributed by atoms with Crippen LogP contribution in [0.4, 0.5) is 0 Å². The summed E-state index contributed by atoms with van der Waals surface area (Å²) in [5.74, 6) is 0. The van der Waals surface area contributed by atoms with Crippen molar-refractivity contribution in [3.8, 4) is 0 Å². The van der Waals surface area contributed by atoms with Gasteiger partial charge >= 0.3 is 0 Å². The van der Waals surface area contributed by atoms with E-state index in [0.29, 0.717) is 10.0 Å². The Labute approximate surface area is 138 Å². The number of halogens is 3. The van der Waals surface area contributed by atoms with Gasteiger partial charge in [0.15, 0.2) is 0 Å². The van der Waals surface area contributed by atoms with Gasteiger partial charge in [-0.2, -0.15) is 0 Å². The number of aryl methyl sites for hydroxylation is 1. The minimum Gasteiger partial charge on any atom is -0.313 e. The lowest BCUT2D eigenvalue weighted by atomic mass is 9.98. The Bertz CT molecular complexity index is 613. The molecule has 0 saturated heterocycles. The normalized spacial score (nSPS) is 12.4. The quantitative estimate of drug-likeness (QED) is 0.739. The molecule has 1 atom stereocenters. The van der Waals surface area contributed by atoms with Crippen LogP contribution in [0.25, 0.3) is 0 Å². The van der Waals surface area contributed by atoms with Gasteiger partial charge in [-0.05, 0) is 55.3 Å². The summed E-state index contributed by atoms with van der Waals surface area (Å²) < 4.78 is 1.13. The molecule has 2 rings (SSSR count). The minimum atomic E-state index is 0.240. The number of benzene rings is 2. The average Bonchev–Trinajstić information content (AvgIpc) is 2.43. The molecule has 0 aromatic heterocycles. The van der Waals surface area contributed by atoms with Crippen molar-refractivity contribution in [3.63, 3.8) is 0 Å². The van der Waals surface area contributed by atoms with E-state index in [2.05, 4.69) is 46.4 Å². The molecule has 1 nitrogen and oxygen atoms in total. The number of hydrogen-bond donors (Lipinski definition) is 1. The van der Waals surface area contributed by atoms with Crippen LogP contribution in [0.15, 0.2) is 40.9 Å². The Morgan fingerprint density at radius 2 is 1.85 bits per heavy atom. The predicted octanol–water partition coefficient (Wildman–Crippen LogP) is 5.57. The summed E-state index contributed by atoms with van der Waals surface area (Å²) in [5, 5.41) is 4.54. The Morgan fingerprint density at radius 1 is 1.10 bits per heavy atom. The van der Waals surface area contributed by atoms with Gasteiger partial charge in [0.2, 0.25) is 0 Å². The van der Waals surface area contributed by atoms with Gasteiger partial charge in [-0.1, -0.05) is 57.3 Å². The van der Waals surface area contributed by atoms with Crippen LogP contribution in [0, 0.1) is 6.92 Å². The van der Waals surface area contributed by atoms with Crippen molar-refractivity contribution in [3.05, 3.63) is 67.6 Å². The van der Waals surface area contributed by atoms with E-state index in [4.69, 9.17) is 23.2 Å². The molecule has 1 N–H and O–H groups in total. The van der Waals surface area contributed by atoms with Crippen molar-refractivity contribution < 1.29 is 0 Å². The zero-order valence-electron chi connectivity index (χ0n) is 11.4. The molecule has 0 amide bonds. The van der Waals surface area contributed by atoms with Gasteiger partial charge < -0.3 is 5.32 Å². The molecule has 0 spiro atoms. The second kappa shape index (κ2) is 6.95. The molecule has 0 radical (unpaired) electrons. The second-order valence-corrected chi connectivity index (χ2v) is 6.47. The standard InChI is InChI=1S/C16H16BrCl2N/c1-10-3-5-12(9-13(10)17)16(20-2)8-11-4-6-14(18)15(19)7-11/h3-7,9,16,20H,8H2,1-2H3. The number of likely N-dealkylation sites (N-methyl/N-ethyl adjacent to an activating group) is 1. The average molecular weight is 373 g/mol. The van der Waals surface area contributed by atoms with E-state index in [1.807, 2.05) is 25.2 Å². The summed E-state index contributed by atoms with van der Waals surface area (Å²) >= 11 is 15.6. The summed E-state index contributed by atoms with van der Waals surface area (Å²) in [7, 11) is 1.97. The summed E-state index contributed by atoms with van der Waals surface area (Å²) in [6, 6.07) is 12.5. The lowest BCUT2D eigenvalue weighted by Gasteiger charge is -2.18. The van der Waals surface area contributed by atoms with Crippen molar-refractivity contribution in [1.82, 2.24) is 5.32 Å². The van der Waals surface area contributed by atoms with Crippen molar-refractivity contribution >= 4 is 39.1 Å². The number of hydrogen-bond acceptors (Lipinski definition) is 1. The lowest BCUT2D eigenvalue weighted by Crippen LogP contribution is -2.18. The Morgan fingerprint density at radius 3 is 2.45 bits per heavy atom. The third kappa shape index (κ3) is 3.76. The molecule has 0 aliphatic heterocycles. The van der Waals surface area contributed by atoms with Crippen LogP contribution in [-0.2, 0) is 6.42 Å². The van der Waals surface area contributed by atoms with Crippen LogP contribution in [0.1, 0.15) is 22.7 Å². The van der Waals surface area contributed by atoms with Crippen molar-refractivity contribution in [2.75, 3.05) is 7.05 Å². The van der Waals surface area contributed by atoms with Crippen LogP contribution >= 0.6 is 39.1 Å². The molecule has 2 aromatic carbocycles. The molecule has 0 heterocycles. The Balaban J connectivity index is 2.23. The van der Waals surface area contributed by atoms with E-state index in [1.165, 1.54) is 11.1 Å². The molecule has 0 saturated carbocycles. The zero-order chi connectivity index (χ0) is 14.7. The molecular formula is C16H16BrCl2N. The van der Waals surface area contributed by atoms with Crippen LogP contribution in [-0.4, -0.2) is 7.05 Å². The molecule has 1 unspecified atom stereocenters. The topological polar surface area (TPSA) is 12.0 Å². The van der Waals surface area contributed by atoms with E-state index in [0.717, 1.165) is 16.5 Å². The molecule has 4 heteroatoms. The zero-order valence-corrected chi connectivity index (χ0v) is 14.5. The summed E-state index contributed by atoms with van der Waals surface area (Å²) in [6.07, 6.45) is 0.864. The molecule has 106 valence electrons. The maximum atomic E-state index is 6.07. The van der Waals surface area contributed by atoms with Crippen molar-refractivity contribution in [2.45, 2.75) is 19.4 Å². The van der Waals surface area contributed by atoms with Gasteiger partial charge in [-0.15, -0.1) is 0 Å². The van der Waals surface area contributed by atoms with E-state index < -0.39 is 0 Å². The van der Waals surface area contributed by atoms with Gasteiger partial charge in [-0.3, -0.25) is 0 Å². The summed E-state index contributed by atoms with van der Waals surface area (Å²) in [6.45, 7) is 2.08. The second-order valence-electron chi connectivity index (χ2n) is 4.80. The van der Waals surface area contributed by atoms with Crippen molar-refractivity contribution in [2.24, 2.45) is 0 Å². The molecule has 0 aliphatic carbocycles. The fourth-order valence-electron chi connectivity index (χ4n) is 2.11. The monoisotopic (exact) mass is 371 g/mol. The lowest BCUT2D eigenvalue weighted by molar-refractivity contribution is 0.591. The predicted molar refractivity (Wildman–Crippen MR) is 90.8 cm³/mol. The Kier molecular flexibility index (Phi) is 5.50. The first-order chi connectivity index (χ1) is 9.51. The molecule has 0 fully saturated rings. The third-order valence-electron chi connectivity index (χ3n) is 3.37. The highest BCUT2D eigenvalue weighted by Crippen LogP contribution is 2.27. The maximum absolute atomic E-state index is 6.07. The molecule has 20 heavy (non-hydrogen) atoms. The van der Waals surface area contributed by atoms with Gasteiger partial charge in [-0.25, -0.2) is 0 Å². The maximum Gasteiger partial charge on any atom is 0.0595 e. The van der Waals surface area contributed by atoms with Crippen LogP contribution < -0.4 is 5.32 Å². The van der Waals surface area contributed by atoms with Gasteiger partial charge in [0.1, 0.15) is 0 Å². The largest absolute Gasteiger partial charge is 0.313 e. The molecular weight excluding hydrogens is 357 g/mol. The fraction of sp³-hybridized carbons (Fsp3) is 0.250. The first-order valence-electron chi connectivity index (χ1n) is 6.38. The van der Waals surface area contributed by atoms with E-state index in [1.54, 1.807) is 0 Å². The summed E-state index contributed by atoms with van der Waals surface area (Å²) in [5.41, 5.74) is 3.64. The molecule has 0 bridgehead atoms. The highest BCUT2D eigenvalue weighted by molar-refractivity contribution is 9.10. The number of rotatable bonds is 4. The highest BCUT2D eigenvalue weighted by Gasteiger charge is 2.12. The number of nitrogens with one attached hydrogen (secondary N) is 1. The van der Waals surface area contributed by atoms with Crippen LogP contribution in [0.2, 0.25) is 10.0 Å². The first kappa shape index (κ1) is 15.8. The summed E-state index contributed by atoms with van der Waals surface area (Å²) in [4.78, 5) is 0. The van der Waals surface area contributed by atoms with Gasteiger partial charge in [0, 0.05) is 10.5 Å². The van der Waals surface area contributed by atoms with Crippen molar-refractivity contribution in [1.29, 1.82) is 0 Å². The van der Waals surface area contributed by atoms with Crippen LogP contribution in [0.3, 0.4) is 0 Å². The first-order valence-corrected chi connectivity index (χ1v) is 7.93. The fourth-order valence-corrected chi connectivity index (χ4v) is 2.83. The minimum absolute atomic E-state index is 0.240. The highest BCUT2D eigenvalue weighted by atomic mass is 79.9. The van der Waals surface area contributed by atoms with Gasteiger partial charge in [0.05, 0.1) is 10.0 Å². The van der Waals surface area contributed by atoms with E-state index >= 15 is 0 Å². The Hall–Kier alpha value is -0.540. The van der Waals surface area contributed by atoms with E-state index in [-0.39, 0.29) is 6.04 Å².